The van der Waals surface area contributed by atoms with E-state index in [1.807, 2.05) is 0 Å². The maximum Gasteiger partial charge on any atom is 0.328 e. The molecular weight excluding hydrogens is 206 g/mol. The summed E-state index contributed by atoms with van der Waals surface area (Å²) < 4.78 is 4.62. The molecule has 0 rings (SSSR count). The van der Waals surface area contributed by atoms with Crippen molar-refractivity contribution >= 4 is 11.9 Å². The van der Waals surface area contributed by atoms with Gasteiger partial charge in [-0.1, -0.05) is 13.8 Å². The van der Waals surface area contributed by atoms with Crippen molar-refractivity contribution in [1.82, 2.24) is 5.32 Å². The second-order valence-corrected chi connectivity index (χ2v) is 3.84. The van der Waals surface area contributed by atoms with Gasteiger partial charge in [-0.25, -0.2) is 4.79 Å². The quantitative estimate of drug-likeness (QED) is 0.418. The lowest BCUT2D eigenvalue weighted by Gasteiger charge is -2.17. The van der Waals surface area contributed by atoms with Crippen LogP contribution in [-0.4, -0.2) is 25.0 Å². The molecule has 1 atom stereocenters. The lowest BCUT2D eigenvalue weighted by Crippen LogP contribution is -2.43. The molecule has 0 saturated heterocycles. The first-order chi connectivity index (χ1) is 7.52. The molecule has 0 unspecified atom stereocenters. The number of carbonyl (C=O) groups excluding carboxylic acids is 2. The molecule has 0 aromatic rings. The van der Waals surface area contributed by atoms with Crippen molar-refractivity contribution in [2.45, 2.75) is 39.2 Å². The maximum absolute atomic E-state index is 11.4. The molecule has 0 aromatic heterocycles. The van der Waals surface area contributed by atoms with E-state index in [1.165, 1.54) is 7.11 Å². The molecule has 0 aliphatic rings. The number of amides is 1. The van der Waals surface area contributed by atoms with E-state index >= 15 is 0 Å². The van der Waals surface area contributed by atoms with Crippen LogP contribution in [0.5, 0.6) is 0 Å². The number of esters is 1. The van der Waals surface area contributed by atoms with E-state index in [-0.39, 0.29) is 11.8 Å². The first-order valence-electron chi connectivity index (χ1n) is 5.34. The van der Waals surface area contributed by atoms with Gasteiger partial charge in [0, 0.05) is 12.3 Å². The van der Waals surface area contributed by atoms with Crippen LogP contribution in [0.25, 0.3) is 0 Å². The van der Waals surface area contributed by atoms with E-state index in [0.717, 1.165) is 0 Å². The molecule has 1 amide bonds. The predicted molar refractivity (Wildman–Crippen MR) is 61.5 cm³/mol. The van der Waals surface area contributed by atoms with Crippen LogP contribution in [0.15, 0.2) is 0 Å². The third kappa shape index (κ3) is 5.40. The molecule has 0 aliphatic carbocycles. The van der Waals surface area contributed by atoms with Crippen molar-refractivity contribution < 1.29 is 14.3 Å². The number of hydrogen-bond acceptors (Lipinski definition) is 3. The van der Waals surface area contributed by atoms with E-state index in [4.69, 9.17) is 6.42 Å². The lowest BCUT2D eigenvalue weighted by molar-refractivity contribution is -0.145. The molecule has 0 spiro atoms. The van der Waals surface area contributed by atoms with Gasteiger partial charge >= 0.3 is 5.97 Å². The number of ether oxygens (including phenoxy) is 1. The van der Waals surface area contributed by atoms with Crippen molar-refractivity contribution in [3.8, 4) is 12.3 Å². The summed E-state index contributed by atoms with van der Waals surface area (Å²) in [6.07, 6.45) is 6.91. The van der Waals surface area contributed by atoms with Gasteiger partial charge in [-0.2, -0.15) is 0 Å². The minimum atomic E-state index is -0.590. The van der Waals surface area contributed by atoms with Gasteiger partial charge in [0.15, 0.2) is 0 Å². The zero-order valence-electron chi connectivity index (χ0n) is 10.1. The van der Waals surface area contributed by atoms with E-state index in [2.05, 4.69) is 16.0 Å². The van der Waals surface area contributed by atoms with Gasteiger partial charge in [0.25, 0.3) is 0 Å². The standard InChI is InChI=1S/C12H19NO3/c1-5-6-7-8-10(12(15)16-4)13-11(14)9(2)3/h1,9-10H,6-8H2,2-4H3,(H,13,14)/t10-/m1/s1. The Balaban J connectivity index is 4.27. The summed E-state index contributed by atoms with van der Waals surface area (Å²) in [5, 5.41) is 2.64. The van der Waals surface area contributed by atoms with Crippen LogP contribution in [0.2, 0.25) is 0 Å². The maximum atomic E-state index is 11.4. The molecule has 0 aliphatic heterocycles. The Morgan fingerprint density at radius 3 is 2.50 bits per heavy atom. The Bertz CT molecular complexity index is 278. The highest BCUT2D eigenvalue weighted by Gasteiger charge is 2.21. The first kappa shape index (κ1) is 14.5. The van der Waals surface area contributed by atoms with Crippen LogP contribution in [-0.2, 0) is 14.3 Å². The predicted octanol–water partition coefficient (Wildman–Crippen LogP) is 1.10. The fraction of sp³-hybridized carbons (Fsp3) is 0.667. The molecule has 0 radical (unpaired) electrons. The zero-order valence-corrected chi connectivity index (χ0v) is 10.1. The van der Waals surface area contributed by atoms with Gasteiger partial charge in [0.1, 0.15) is 6.04 Å². The van der Waals surface area contributed by atoms with Crippen molar-refractivity contribution in [1.29, 1.82) is 0 Å². The van der Waals surface area contributed by atoms with Crippen molar-refractivity contribution in [3.05, 3.63) is 0 Å². The van der Waals surface area contributed by atoms with Crippen molar-refractivity contribution in [3.63, 3.8) is 0 Å². The van der Waals surface area contributed by atoms with Gasteiger partial charge in [-0.3, -0.25) is 4.79 Å². The summed E-state index contributed by atoms with van der Waals surface area (Å²) in [6, 6.07) is -0.590. The minimum Gasteiger partial charge on any atom is -0.467 e. The van der Waals surface area contributed by atoms with Gasteiger partial charge in [-0.05, 0) is 12.8 Å². The highest BCUT2D eigenvalue weighted by molar-refractivity contribution is 5.85. The summed E-state index contributed by atoms with van der Waals surface area (Å²) in [5.41, 5.74) is 0. The Kier molecular flexibility index (Phi) is 7.02. The monoisotopic (exact) mass is 225 g/mol. The van der Waals surface area contributed by atoms with Gasteiger partial charge in [0.2, 0.25) is 5.91 Å². The largest absolute Gasteiger partial charge is 0.467 e. The molecular formula is C12H19NO3. The second-order valence-electron chi connectivity index (χ2n) is 3.84. The fourth-order valence-corrected chi connectivity index (χ4v) is 1.14. The molecule has 4 heteroatoms. The molecule has 4 nitrogen and oxygen atoms in total. The molecule has 90 valence electrons. The number of rotatable bonds is 6. The third-order valence-electron chi connectivity index (χ3n) is 2.14. The molecule has 0 heterocycles. The van der Waals surface area contributed by atoms with Crippen molar-refractivity contribution in [2.75, 3.05) is 7.11 Å². The van der Waals surface area contributed by atoms with E-state index in [0.29, 0.717) is 19.3 Å². The van der Waals surface area contributed by atoms with Gasteiger partial charge < -0.3 is 10.1 Å². The summed E-state index contributed by atoms with van der Waals surface area (Å²) in [6.45, 7) is 3.54. The zero-order chi connectivity index (χ0) is 12.6. The smallest absolute Gasteiger partial charge is 0.328 e. The van der Waals surface area contributed by atoms with Crippen LogP contribution in [0.4, 0.5) is 0 Å². The average molecular weight is 225 g/mol. The van der Waals surface area contributed by atoms with E-state index in [1.54, 1.807) is 13.8 Å². The molecule has 1 N–H and O–H groups in total. The summed E-state index contributed by atoms with van der Waals surface area (Å²) in [5.74, 6) is 1.76. The number of carbonyl (C=O) groups is 2. The Hall–Kier alpha value is -1.50. The van der Waals surface area contributed by atoms with Crippen LogP contribution in [0.3, 0.4) is 0 Å². The molecule has 0 saturated carbocycles. The lowest BCUT2D eigenvalue weighted by atomic mass is 10.1. The van der Waals surface area contributed by atoms with Crippen LogP contribution in [0, 0.1) is 18.3 Å². The van der Waals surface area contributed by atoms with Crippen LogP contribution in [0.1, 0.15) is 33.1 Å². The van der Waals surface area contributed by atoms with Crippen LogP contribution < -0.4 is 5.32 Å². The molecule has 0 fully saturated rings. The molecule has 16 heavy (non-hydrogen) atoms. The van der Waals surface area contributed by atoms with Crippen LogP contribution >= 0.6 is 0 Å². The Labute approximate surface area is 96.7 Å². The number of nitrogens with one attached hydrogen (secondary N) is 1. The van der Waals surface area contributed by atoms with Gasteiger partial charge in [-0.15, -0.1) is 12.3 Å². The Morgan fingerprint density at radius 2 is 2.06 bits per heavy atom. The summed E-state index contributed by atoms with van der Waals surface area (Å²) >= 11 is 0. The third-order valence-corrected chi connectivity index (χ3v) is 2.14. The normalized spacial score (nSPS) is 11.7. The summed E-state index contributed by atoms with van der Waals surface area (Å²) in [7, 11) is 1.30. The summed E-state index contributed by atoms with van der Waals surface area (Å²) in [4.78, 5) is 22.8. The minimum absolute atomic E-state index is 0.153. The highest BCUT2D eigenvalue weighted by Crippen LogP contribution is 2.04. The van der Waals surface area contributed by atoms with E-state index < -0.39 is 12.0 Å². The number of methoxy groups -OCH3 is 1. The van der Waals surface area contributed by atoms with Gasteiger partial charge in [0.05, 0.1) is 7.11 Å². The average Bonchev–Trinajstić information content (AvgIpc) is 2.26. The van der Waals surface area contributed by atoms with E-state index in [9.17, 15) is 9.59 Å². The first-order valence-corrected chi connectivity index (χ1v) is 5.34. The second kappa shape index (κ2) is 7.75. The fourth-order valence-electron chi connectivity index (χ4n) is 1.14. The topological polar surface area (TPSA) is 55.4 Å². The van der Waals surface area contributed by atoms with Crippen molar-refractivity contribution in [2.24, 2.45) is 5.92 Å². The highest BCUT2D eigenvalue weighted by atomic mass is 16.5. The SMILES string of the molecule is C#CCCC[C@@H](NC(=O)C(C)C)C(=O)OC. The number of hydrogen-bond donors (Lipinski definition) is 1. The Morgan fingerprint density at radius 1 is 1.44 bits per heavy atom. The number of unbranched alkanes of at least 4 members (excludes halogenated alkanes) is 1. The number of terminal acetylenes is 1. The molecule has 0 aromatic carbocycles. The molecule has 0 bridgehead atoms.